The van der Waals surface area contributed by atoms with Gasteiger partial charge in [0, 0.05) is 16.1 Å². The van der Waals surface area contributed by atoms with Crippen LogP contribution in [0, 0.1) is 0 Å². The van der Waals surface area contributed by atoms with E-state index in [-0.39, 0.29) is 18.4 Å². The molecule has 2 nitrogen and oxygen atoms in total. The topological polar surface area (TPSA) is 35.2 Å². The first-order valence-corrected chi connectivity index (χ1v) is 5.57. The number of benzene rings is 1. The van der Waals surface area contributed by atoms with Gasteiger partial charge in [-0.15, -0.1) is 12.4 Å². The van der Waals surface area contributed by atoms with E-state index in [1.165, 1.54) is 0 Å². The molecule has 2 N–H and O–H groups in total. The molecule has 0 saturated heterocycles. The van der Waals surface area contributed by atoms with Gasteiger partial charge >= 0.3 is 0 Å². The van der Waals surface area contributed by atoms with Crippen molar-refractivity contribution in [3.8, 4) is 5.75 Å². The Bertz CT molecular complexity index is 307. The Morgan fingerprint density at radius 2 is 2.13 bits per heavy atom. The number of nitrogens with two attached hydrogens (primary N) is 1. The first-order valence-electron chi connectivity index (χ1n) is 4.78. The maximum atomic E-state index is 6.05. The number of hydrogen-bond acceptors (Lipinski definition) is 2. The van der Waals surface area contributed by atoms with Crippen molar-refractivity contribution in [1.29, 1.82) is 0 Å². The van der Waals surface area contributed by atoms with Crippen molar-refractivity contribution in [3.05, 3.63) is 28.2 Å². The lowest BCUT2D eigenvalue weighted by Gasteiger charge is -2.15. The van der Waals surface area contributed by atoms with Crippen LogP contribution < -0.4 is 10.5 Å². The Kier molecular flexibility index (Phi) is 6.98. The van der Waals surface area contributed by atoms with Crippen molar-refractivity contribution in [2.24, 2.45) is 5.73 Å². The van der Waals surface area contributed by atoms with Crippen LogP contribution in [-0.2, 0) is 0 Å². The van der Waals surface area contributed by atoms with Gasteiger partial charge in [0.05, 0.1) is 7.11 Å². The van der Waals surface area contributed by atoms with E-state index in [9.17, 15) is 0 Å². The average molecular weight is 295 g/mol. The van der Waals surface area contributed by atoms with Crippen molar-refractivity contribution in [3.63, 3.8) is 0 Å². The Morgan fingerprint density at radius 1 is 1.47 bits per heavy atom. The zero-order chi connectivity index (χ0) is 10.6. The van der Waals surface area contributed by atoms with E-state index in [0.29, 0.717) is 0 Å². The molecule has 0 radical (unpaired) electrons. The molecule has 0 spiro atoms. The summed E-state index contributed by atoms with van der Waals surface area (Å²) >= 11 is 3.43. The van der Waals surface area contributed by atoms with Gasteiger partial charge in [-0.05, 0) is 24.6 Å². The van der Waals surface area contributed by atoms with Crippen LogP contribution in [0.2, 0.25) is 0 Å². The summed E-state index contributed by atoms with van der Waals surface area (Å²) in [6, 6.07) is 5.99. The molecule has 0 saturated carbocycles. The summed E-state index contributed by atoms with van der Waals surface area (Å²) in [6.07, 6.45) is 2.06. The molecule has 0 aliphatic rings. The van der Waals surface area contributed by atoms with Crippen LogP contribution in [0.4, 0.5) is 0 Å². The highest BCUT2D eigenvalue weighted by molar-refractivity contribution is 9.10. The molecule has 15 heavy (non-hydrogen) atoms. The minimum atomic E-state index is 0. The smallest absolute Gasteiger partial charge is 0.123 e. The third-order valence-electron chi connectivity index (χ3n) is 2.19. The maximum Gasteiger partial charge on any atom is 0.123 e. The molecule has 0 heterocycles. The predicted octanol–water partition coefficient (Wildman–Crippen LogP) is 3.68. The van der Waals surface area contributed by atoms with Crippen LogP contribution in [0.25, 0.3) is 0 Å². The highest BCUT2D eigenvalue weighted by atomic mass is 79.9. The van der Waals surface area contributed by atoms with E-state index >= 15 is 0 Å². The standard InChI is InChI=1S/C11H16BrNO.ClH/c1-3-4-10(13)9-7-8(12)5-6-11(9)14-2;/h5-7,10H,3-4,13H2,1-2H3;1H/t10-;/m0./s1. The zero-order valence-corrected chi connectivity index (χ0v) is 11.4. The van der Waals surface area contributed by atoms with Gasteiger partial charge in [-0.2, -0.15) is 0 Å². The van der Waals surface area contributed by atoms with E-state index in [4.69, 9.17) is 10.5 Å². The van der Waals surface area contributed by atoms with Crippen molar-refractivity contribution in [1.82, 2.24) is 0 Å². The quantitative estimate of drug-likeness (QED) is 0.919. The number of hydrogen-bond donors (Lipinski definition) is 1. The Labute approximate surface area is 106 Å². The number of rotatable bonds is 4. The summed E-state index contributed by atoms with van der Waals surface area (Å²) in [5, 5.41) is 0. The van der Waals surface area contributed by atoms with Crippen molar-refractivity contribution < 1.29 is 4.74 Å². The fourth-order valence-electron chi connectivity index (χ4n) is 1.46. The Balaban J connectivity index is 0.00000196. The summed E-state index contributed by atoms with van der Waals surface area (Å²) in [4.78, 5) is 0. The lowest BCUT2D eigenvalue weighted by molar-refractivity contribution is 0.404. The van der Waals surface area contributed by atoms with Crippen LogP contribution in [0.15, 0.2) is 22.7 Å². The predicted molar refractivity (Wildman–Crippen MR) is 69.8 cm³/mol. The summed E-state index contributed by atoms with van der Waals surface area (Å²) in [7, 11) is 1.67. The van der Waals surface area contributed by atoms with Crippen LogP contribution >= 0.6 is 28.3 Å². The second-order valence-electron chi connectivity index (χ2n) is 3.28. The molecule has 1 aromatic carbocycles. The molecule has 1 rings (SSSR count). The van der Waals surface area contributed by atoms with E-state index < -0.39 is 0 Å². The van der Waals surface area contributed by atoms with Gasteiger partial charge in [0.15, 0.2) is 0 Å². The van der Waals surface area contributed by atoms with Gasteiger partial charge in [-0.25, -0.2) is 0 Å². The van der Waals surface area contributed by atoms with Crippen molar-refractivity contribution >= 4 is 28.3 Å². The molecule has 0 bridgehead atoms. The Morgan fingerprint density at radius 3 is 2.67 bits per heavy atom. The minimum Gasteiger partial charge on any atom is -0.496 e. The number of methoxy groups -OCH3 is 1. The monoisotopic (exact) mass is 293 g/mol. The van der Waals surface area contributed by atoms with Gasteiger partial charge in [-0.3, -0.25) is 0 Å². The van der Waals surface area contributed by atoms with E-state index in [1.807, 2.05) is 18.2 Å². The highest BCUT2D eigenvalue weighted by Crippen LogP contribution is 2.29. The highest BCUT2D eigenvalue weighted by Gasteiger charge is 2.11. The second-order valence-corrected chi connectivity index (χ2v) is 4.20. The lowest BCUT2D eigenvalue weighted by Crippen LogP contribution is -2.11. The van der Waals surface area contributed by atoms with Crippen LogP contribution in [0.3, 0.4) is 0 Å². The fraction of sp³-hybridized carbons (Fsp3) is 0.455. The van der Waals surface area contributed by atoms with Crippen molar-refractivity contribution in [2.45, 2.75) is 25.8 Å². The van der Waals surface area contributed by atoms with E-state index in [0.717, 1.165) is 28.6 Å². The van der Waals surface area contributed by atoms with E-state index in [1.54, 1.807) is 7.11 Å². The second kappa shape index (κ2) is 7.09. The molecule has 86 valence electrons. The Hall–Kier alpha value is -0.250. The fourth-order valence-corrected chi connectivity index (χ4v) is 1.84. The molecule has 0 amide bonds. The molecular formula is C11H17BrClNO. The summed E-state index contributed by atoms with van der Waals surface area (Å²) in [5.74, 6) is 0.870. The minimum absolute atomic E-state index is 0. The van der Waals surface area contributed by atoms with Gasteiger partial charge < -0.3 is 10.5 Å². The molecule has 0 unspecified atom stereocenters. The number of ether oxygens (including phenoxy) is 1. The van der Waals surface area contributed by atoms with Crippen LogP contribution in [0.1, 0.15) is 31.4 Å². The normalized spacial score (nSPS) is 11.7. The first kappa shape index (κ1) is 14.8. The third kappa shape index (κ3) is 4.01. The number of halogens is 2. The van der Waals surface area contributed by atoms with Gasteiger partial charge in [0.2, 0.25) is 0 Å². The van der Waals surface area contributed by atoms with Gasteiger partial charge in [-0.1, -0.05) is 29.3 Å². The molecule has 0 aromatic heterocycles. The largest absolute Gasteiger partial charge is 0.496 e. The summed E-state index contributed by atoms with van der Waals surface area (Å²) in [6.45, 7) is 2.13. The molecule has 0 fully saturated rings. The molecule has 1 atom stereocenters. The molecule has 0 aliphatic heterocycles. The van der Waals surface area contributed by atoms with Gasteiger partial charge in [0.1, 0.15) is 5.75 Å². The molecule has 4 heteroatoms. The lowest BCUT2D eigenvalue weighted by atomic mass is 10.0. The SMILES string of the molecule is CCC[C@H](N)c1cc(Br)ccc1OC.Cl. The first-order chi connectivity index (χ1) is 6.69. The molecule has 1 aromatic rings. The summed E-state index contributed by atoms with van der Waals surface area (Å²) < 4.78 is 6.31. The van der Waals surface area contributed by atoms with Crippen LogP contribution in [0.5, 0.6) is 5.75 Å². The maximum absolute atomic E-state index is 6.05. The third-order valence-corrected chi connectivity index (χ3v) is 2.68. The average Bonchev–Trinajstić information content (AvgIpc) is 2.18. The van der Waals surface area contributed by atoms with Gasteiger partial charge in [0.25, 0.3) is 0 Å². The zero-order valence-electron chi connectivity index (χ0n) is 9.00. The molecule has 0 aliphatic carbocycles. The molecular weight excluding hydrogens is 277 g/mol. The van der Waals surface area contributed by atoms with E-state index in [2.05, 4.69) is 22.9 Å². The summed E-state index contributed by atoms with van der Waals surface area (Å²) in [5.41, 5.74) is 7.12. The van der Waals surface area contributed by atoms with Crippen molar-refractivity contribution in [2.75, 3.05) is 7.11 Å². The van der Waals surface area contributed by atoms with Crippen LogP contribution in [-0.4, -0.2) is 7.11 Å².